The lowest BCUT2D eigenvalue weighted by Gasteiger charge is -1.99. The zero-order chi connectivity index (χ0) is 23.4. The fourth-order valence-electron chi connectivity index (χ4n) is 1.38. The maximum Gasteiger partial charge on any atom is 0.333 e. The van der Waals surface area contributed by atoms with Crippen LogP contribution in [0.2, 0.25) is 0 Å². The van der Waals surface area contributed by atoms with Gasteiger partial charge in [0.1, 0.15) is 12.7 Å². The van der Waals surface area contributed by atoms with Crippen LogP contribution in [0.25, 0.3) is 6.08 Å². The second-order valence-electron chi connectivity index (χ2n) is 5.94. The van der Waals surface area contributed by atoms with E-state index in [9.17, 15) is 9.59 Å². The summed E-state index contributed by atoms with van der Waals surface area (Å²) in [5, 5.41) is 8.19. The van der Waals surface area contributed by atoms with E-state index in [0.29, 0.717) is 17.3 Å². The van der Waals surface area contributed by atoms with Crippen molar-refractivity contribution >= 4 is 18.0 Å². The highest BCUT2D eigenvalue weighted by atomic mass is 16.6. The van der Waals surface area contributed by atoms with E-state index in [1.165, 1.54) is 12.7 Å². The summed E-state index contributed by atoms with van der Waals surface area (Å²) >= 11 is 0. The summed E-state index contributed by atoms with van der Waals surface area (Å²) in [4.78, 5) is 20.7. The minimum Gasteiger partial charge on any atom is -0.466 e. The Morgan fingerprint density at radius 1 is 1.13 bits per heavy atom. The maximum atomic E-state index is 10.5. The minimum atomic E-state index is -0.455. The molecule has 7 heteroatoms. The number of hydrogen-bond acceptors (Lipinski definition) is 7. The van der Waals surface area contributed by atoms with E-state index >= 15 is 0 Å². The van der Waals surface area contributed by atoms with Crippen molar-refractivity contribution in [2.75, 3.05) is 40.6 Å². The molecule has 1 unspecified atom stereocenters. The van der Waals surface area contributed by atoms with E-state index in [0.717, 1.165) is 13.2 Å². The molecule has 0 bridgehead atoms. The van der Waals surface area contributed by atoms with E-state index in [1.807, 2.05) is 36.4 Å². The molecule has 1 fully saturated rings. The van der Waals surface area contributed by atoms with Crippen molar-refractivity contribution in [2.45, 2.75) is 20.0 Å². The molecule has 1 aromatic rings. The lowest BCUT2D eigenvalue weighted by Crippen LogP contribution is -2.08. The molecule has 168 valence electrons. The second-order valence-corrected chi connectivity index (χ2v) is 5.94. The van der Waals surface area contributed by atoms with Gasteiger partial charge in [0.15, 0.2) is 0 Å². The van der Waals surface area contributed by atoms with Crippen molar-refractivity contribution in [3.63, 3.8) is 0 Å². The van der Waals surface area contributed by atoms with Gasteiger partial charge < -0.3 is 24.1 Å². The number of aliphatic hydroxyl groups excluding tert-OH is 1. The largest absolute Gasteiger partial charge is 0.466 e. The van der Waals surface area contributed by atoms with Crippen LogP contribution in [0, 0.1) is 0 Å². The van der Waals surface area contributed by atoms with Crippen LogP contribution >= 0.6 is 0 Å². The standard InChI is InChI=1S/C8H8.C6H10O3.C5H8O2.C4H8O2/c1-2-8-6-4-3-5-7-8;1-5(2)6(8)9-4-3-7;1-4(2)5(6)7-3;1-5-2-4-3-6-4/h2-7H,1H2;7H,1,3-4H2,2H3;1H2,2-3H3;4H,2-3H2,1H3. The molecule has 1 atom stereocenters. The average molecular weight is 423 g/mol. The quantitative estimate of drug-likeness (QED) is 0.410. The number of hydrogen-bond donors (Lipinski definition) is 1. The van der Waals surface area contributed by atoms with Crippen LogP contribution in [-0.4, -0.2) is 63.8 Å². The average Bonchev–Trinajstić information content (AvgIpc) is 3.57. The van der Waals surface area contributed by atoms with Gasteiger partial charge in [0, 0.05) is 18.3 Å². The van der Waals surface area contributed by atoms with Crippen molar-refractivity contribution in [1.82, 2.24) is 0 Å². The second kappa shape index (κ2) is 19.6. The molecule has 0 amide bonds. The zero-order valence-corrected chi connectivity index (χ0v) is 18.4. The normalized spacial score (nSPS) is 12.8. The molecular weight excluding hydrogens is 388 g/mol. The van der Waals surface area contributed by atoms with Crippen LogP contribution in [0.3, 0.4) is 0 Å². The molecule has 1 N–H and O–H groups in total. The van der Waals surface area contributed by atoms with Gasteiger partial charge in [0.25, 0.3) is 0 Å². The highest BCUT2D eigenvalue weighted by molar-refractivity contribution is 5.87. The summed E-state index contributed by atoms with van der Waals surface area (Å²) in [6.45, 7) is 15.1. The Morgan fingerprint density at radius 2 is 1.67 bits per heavy atom. The first-order valence-electron chi connectivity index (χ1n) is 9.18. The van der Waals surface area contributed by atoms with Gasteiger partial charge in [0.05, 0.1) is 26.9 Å². The first kappa shape index (κ1) is 29.5. The number of benzene rings is 1. The summed E-state index contributed by atoms with van der Waals surface area (Å²) in [7, 11) is 3.01. The highest BCUT2D eigenvalue weighted by Gasteiger charge is 2.21. The van der Waals surface area contributed by atoms with Crippen molar-refractivity contribution < 1.29 is 33.6 Å². The molecule has 2 rings (SSSR count). The molecule has 0 saturated carbocycles. The van der Waals surface area contributed by atoms with Gasteiger partial charge in [-0.3, -0.25) is 0 Å². The number of carbonyl (C=O) groups excluding carboxylic acids is 2. The number of carbonyl (C=O) groups is 2. The Kier molecular flexibility index (Phi) is 19.2. The molecule has 0 aromatic heterocycles. The Bertz CT molecular complexity index is 634. The van der Waals surface area contributed by atoms with Gasteiger partial charge in [-0.05, 0) is 19.4 Å². The van der Waals surface area contributed by atoms with E-state index in [4.69, 9.17) is 14.6 Å². The molecule has 1 aliphatic heterocycles. The molecule has 7 nitrogen and oxygen atoms in total. The van der Waals surface area contributed by atoms with Crippen LogP contribution in [0.1, 0.15) is 19.4 Å². The first-order valence-corrected chi connectivity index (χ1v) is 9.18. The number of aliphatic hydroxyl groups is 1. The SMILES string of the molecule is C=C(C)C(=O)OC.C=C(C)C(=O)OCCO.C=Cc1ccccc1.COCC1CO1. The van der Waals surface area contributed by atoms with E-state index in [1.54, 1.807) is 21.0 Å². The van der Waals surface area contributed by atoms with Crippen LogP contribution in [0.4, 0.5) is 0 Å². The Hall–Kier alpha value is -2.74. The molecule has 1 aromatic carbocycles. The highest BCUT2D eigenvalue weighted by Crippen LogP contribution is 2.07. The predicted octanol–water partition coefficient (Wildman–Crippen LogP) is 3.19. The van der Waals surface area contributed by atoms with Crippen molar-refractivity contribution in [1.29, 1.82) is 0 Å². The summed E-state index contributed by atoms with van der Waals surface area (Å²) in [6, 6.07) is 10.0. The first-order chi connectivity index (χ1) is 14.2. The van der Waals surface area contributed by atoms with Crippen LogP contribution in [0.5, 0.6) is 0 Å². The third-order valence-electron chi connectivity index (χ3n) is 3.00. The zero-order valence-electron chi connectivity index (χ0n) is 18.4. The number of rotatable bonds is 7. The summed E-state index contributed by atoms with van der Waals surface area (Å²) in [6.07, 6.45) is 2.26. The molecule has 0 spiro atoms. The maximum absolute atomic E-state index is 10.5. The molecule has 0 aliphatic carbocycles. The van der Waals surface area contributed by atoms with Crippen LogP contribution in [-0.2, 0) is 28.5 Å². The fraction of sp³-hybridized carbons (Fsp3) is 0.391. The van der Waals surface area contributed by atoms with Crippen molar-refractivity contribution in [3.05, 3.63) is 66.8 Å². The van der Waals surface area contributed by atoms with Gasteiger partial charge in [-0.2, -0.15) is 0 Å². The Morgan fingerprint density at radius 3 is 1.90 bits per heavy atom. The molecule has 0 radical (unpaired) electrons. The lowest BCUT2D eigenvalue weighted by atomic mass is 10.2. The summed E-state index contributed by atoms with van der Waals surface area (Å²) in [5.74, 6) is -0.802. The van der Waals surface area contributed by atoms with Gasteiger partial charge in [-0.25, -0.2) is 9.59 Å². The topological polar surface area (TPSA) is 94.6 Å². The van der Waals surface area contributed by atoms with Crippen molar-refractivity contribution in [2.24, 2.45) is 0 Å². The molecular formula is C23H34O7. The van der Waals surface area contributed by atoms with Gasteiger partial charge in [-0.1, -0.05) is 56.1 Å². The van der Waals surface area contributed by atoms with Crippen molar-refractivity contribution in [3.8, 4) is 0 Å². The third kappa shape index (κ3) is 20.0. The Balaban J connectivity index is 0. The number of ether oxygens (including phenoxy) is 4. The molecule has 1 saturated heterocycles. The Labute approximate surface area is 179 Å². The van der Waals surface area contributed by atoms with E-state index in [2.05, 4.69) is 29.2 Å². The smallest absolute Gasteiger partial charge is 0.333 e. The van der Waals surface area contributed by atoms with Gasteiger partial charge >= 0.3 is 11.9 Å². The fourth-order valence-corrected chi connectivity index (χ4v) is 1.38. The third-order valence-corrected chi connectivity index (χ3v) is 3.00. The monoisotopic (exact) mass is 422 g/mol. The van der Waals surface area contributed by atoms with E-state index < -0.39 is 5.97 Å². The van der Waals surface area contributed by atoms with Crippen LogP contribution in [0.15, 0.2) is 61.2 Å². The number of esters is 2. The van der Waals surface area contributed by atoms with Crippen LogP contribution < -0.4 is 0 Å². The van der Waals surface area contributed by atoms with Gasteiger partial charge in [0.2, 0.25) is 0 Å². The molecule has 1 aliphatic rings. The van der Waals surface area contributed by atoms with Gasteiger partial charge in [-0.15, -0.1) is 0 Å². The molecule has 1 heterocycles. The number of epoxide rings is 1. The molecule has 30 heavy (non-hydrogen) atoms. The number of methoxy groups -OCH3 is 2. The predicted molar refractivity (Wildman–Crippen MR) is 118 cm³/mol. The minimum absolute atomic E-state index is 0.0473. The summed E-state index contributed by atoms with van der Waals surface area (Å²) in [5.41, 5.74) is 1.96. The lowest BCUT2D eigenvalue weighted by molar-refractivity contribution is -0.140. The summed E-state index contributed by atoms with van der Waals surface area (Å²) < 4.78 is 18.3. The van der Waals surface area contributed by atoms with E-state index in [-0.39, 0.29) is 19.2 Å².